The van der Waals surface area contributed by atoms with Crippen molar-refractivity contribution in [3.63, 3.8) is 0 Å². The number of nitrogens with one attached hydrogen (secondary N) is 1. The maximum absolute atomic E-state index is 13.4. The number of benzene rings is 2. The van der Waals surface area contributed by atoms with Crippen LogP contribution in [0.15, 0.2) is 54.7 Å². The summed E-state index contributed by atoms with van der Waals surface area (Å²) in [6.07, 6.45) is 1.75. The van der Waals surface area contributed by atoms with Crippen molar-refractivity contribution in [1.29, 1.82) is 0 Å². The number of hydrogen-bond donors (Lipinski definition) is 1. The molecule has 0 aliphatic carbocycles. The number of hydrogen-bond acceptors (Lipinski definition) is 3. The van der Waals surface area contributed by atoms with Gasteiger partial charge in [-0.05, 0) is 30.3 Å². The van der Waals surface area contributed by atoms with Crippen molar-refractivity contribution >= 4 is 45.7 Å². The number of amides is 2. The molecule has 1 fully saturated rings. The molecule has 1 aliphatic heterocycles. The van der Waals surface area contributed by atoms with Gasteiger partial charge in [-0.1, -0.05) is 29.8 Å². The summed E-state index contributed by atoms with van der Waals surface area (Å²) < 4.78 is 13.4. The van der Waals surface area contributed by atoms with Crippen molar-refractivity contribution in [3.05, 3.63) is 65.6 Å². The molecule has 27 heavy (non-hydrogen) atoms. The van der Waals surface area contributed by atoms with Gasteiger partial charge in [0.1, 0.15) is 5.82 Å². The fourth-order valence-electron chi connectivity index (χ4n) is 3.23. The first kappa shape index (κ1) is 17.4. The predicted molar refractivity (Wildman–Crippen MR) is 102 cm³/mol. The molecule has 1 aromatic heterocycles. The van der Waals surface area contributed by atoms with Crippen molar-refractivity contribution in [1.82, 2.24) is 4.98 Å². The first-order valence-electron chi connectivity index (χ1n) is 8.43. The summed E-state index contributed by atoms with van der Waals surface area (Å²) in [5, 5.41) is 3.73. The number of anilines is 2. The minimum Gasteiger partial charge on any atom is -0.324 e. The van der Waals surface area contributed by atoms with E-state index in [1.807, 2.05) is 24.3 Å². The summed E-state index contributed by atoms with van der Waals surface area (Å²) in [5.41, 5.74) is 1.78. The lowest BCUT2D eigenvalue weighted by Gasteiger charge is -2.17. The number of para-hydroxylation sites is 1. The lowest BCUT2D eigenvalue weighted by atomic mass is 10.1. The van der Waals surface area contributed by atoms with E-state index >= 15 is 0 Å². The zero-order chi connectivity index (χ0) is 19.0. The van der Waals surface area contributed by atoms with Crippen molar-refractivity contribution < 1.29 is 14.0 Å². The molecule has 3 aromatic rings. The smallest absolute Gasteiger partial charge is 0.229 e. The number of carbonyl (C=O) groups is 2. The number of fused-ring (bicyclic) bond motifs is 1. The predicted octanol–water partition coefficient (Wildman–Crippen LogP) is 4.02. The maximum atomic E-state index is 13.4. The third-order valence-corrected chi connectivity index (χ3v) is 4.89. The second-order valence-electron chi connectivity index (χ2n) is 6.37. The summed E-state index contributed by atoms with van der Waals surface area (Å²) in [7, 11) is 0. The highest BCUT2D eigenvalue weighted by atomic mass is 35.5. The third kappa shape index (κ3) is 3.36. The molecule has 1 aliphatic rings. The van der Waals surface area contributed by atoms with Crippen LogP contribution in [0.1, 0.15) is 6.42 Å². The van der Waals surface area contributed by atoms with Crippen molar-refractivity contribution in [3.8, 4) is 0 Å². The van der Waals surface area contributed by atoms with Crippen molar-refractivity contribution in [2.75, 3.05) is 16.8 Å². The molecule has 7 heteroatoms. The standard InChI is InChI=1S/C20H15ClFN3O2/c21-15-10-14(6-7-16(15)22)25-11-13(9-18(25)26)20(27)24-17-5-1-3-12-4-2-8-23-19(12)17/h1-8,10,13H,9,11H2,(H,24,27). The van der Waals surface area contributed by atoms with E-state index in [-0.39, 0.29) is 29.8 Å². The van der Waals surface area contributed by atoms with E-state index in [0.29, 0.717) is 16.9 Å². The van der Waals surface area contributed by atoms with Crippen LogP contribution >= 0.6 is 11.6 Å². The summed E-state index contributed by atoms with van der Waals surface area (Å²) >= 11 is 5.80. The molecule has 5 nitrogen and oxygen atoms in total. The topological polar surface area (TPSA) is 62.3 Å². The summed E-state index contributed by atoms with van der Waals surface area (Å²) in [4.78, 5) is 30.8. The van der Waals surface area contributed by atoms with Crippen LogP contribution in [0.25, 0.3) is 10.9 Å². The van der Waals surface area contributed by atoms with E-state index in [4.69, 9.17) is 11.6 Å². The second-order valence-corrected chi connectivity index (χ2v) is 6.78. The van der Waals surface area contributed by atoms with Gasteiger partial charge in [-0.15, -0.1) is 0 Å². The first-order chi connectivity index (χ1) is 13.0. The normalized spacial score (nSPS) is 16.7. The summed E-state index contributed by atoms with van der Waals surface area (Å²) in [6.45, 7) is 0.213. The summed E-state index contributed by atoms with van der Waals surface area (Å²) in [5.74, 6) is -1.52. The number of nitrogens with zero attached hydrogens (tertiary/aromatic N) is 2. The van der Waals surface area contributed by atoms with E-state index in [1.165, 1.54) is 23.1 Å². The fourth-order valence-corrected chi connectivity index (χ4v) is 3.40. The molecule has 1 unspecified atom stereocenters. The minimum atomic E-state index is -0.551. The number of halogens is 2. The average Bonchev–Trinajstić information content (AvgIpc) is 3.06. The molecule has 0 radical (unpaired) electrons. The van der Waals surface area contributed by atoms with Gasteiger partial charge in [-0.25, -0.2) is 4.39 Å². The number of rotatable bonds is 3. The van der Waals surface area contributed by atoms with Gasteiger partial charge in [-0.2, -0.15) is 0 Å². The average molecular weight is 384 g/mol. The highest BCUT2D eigenvalue weighted by Crippen LogP contribution is 2.29. The van der Waals surface area contributed by atoms with Gasteiger partial charge in [-0.3, -0.25) is 14.6 Å². The molecule has 2 amide bonds. The largest absolute Gasteiger partial charge is 0.324 e. The third-order valence-electron chi connectivity index (χ3n) is 4.60. The molecule has 2 aromatic carbocycles. The van der Waals surface area contributed by atoms with Gasteiger partial charge in [0, 0.05) is 30.2 Å². The SMILES string of the molecule is O=C(Nc1cccc2cccnc12)C1CC(=O)N(c2ccc(F)c(Cl)c2)C1. The van der Waals surface area contributed by atoms with Gasteiger partial charge in [0.2, 0.25) is 11.8 Å². The van der Waals surface area contributed by atoms with Crippen LogP contribution < -0.4 is 10.2 Å². The molecule has 136 valence electrons. The van der Waals surface area contributed by atoms with Crippen LogP contribution in [0.4, 0.5) is 15.8 Å². The van der Waals surface area contributed by atoms with Gasteiger partial charge in [0.15, 0.2) is 0 Å². The molecule has 1 saturated heterocycles. The number of aromatic nitrogens is 1. The Labute approximate surface area is 159 Å². The Hall–Kier alpha value is -2.99. The van der Waals surface area contributed by atoms with Crippen LogP contribution in [0.3, 0.4) is 0 Å². The van der Waals surface area contributed by atoms with Crippen LogP contribution in [0, 0.1) is 11.7 Å². The molecule has 0 spiro atoms. The Morgan fingerprint density at radius 2 is 2.04 bits per heavy atom. The molecular formula is C20H15ClFN3O2. The lowest BCUT2D eigenvalue weighted by molar-refractivity contribution is -0.122. The lowest BCUT2D eigenvalue weighted by Crippen LogP contribution is -2.28. The van der Waals surface area contributed by atoms with Crippen LogP contribution in [0.2, 0.25) is 5.02 Å². The molecule has 4 rings (SSSR count). The quantitative estimate of drug-likeness (QED) is 0.743. The van der Waals surface area contributed by atoms with Crippen LogP contribution in [-0.4, -0.2) is 23.3 Å². The zero-order valence-electron chi connectivity index (χ0n) is 14.2. The molecule has 1 N–H and O–H groups in total. The molecule has 0 saturated carbocycles. The first-order valence-corrected chi connectivity index (χ1v) is 8.81. The Morgan fingerprint density at radius 1 is 1.22 bits per heavy atom. The summed E-state index contributed by atoms with van der Waals surface area (Å²) in [6, 6.07) is 13.4. The van der Waals surface area contributed by atoms with Gasteiger partial charge >= 0.3 is 0 Å². The van der Waals surface area contributed by atoms with E-state index in [0.717, 1.165) is 5.39 Å². The van der Waals surface area contributed by atoms with Gasteiger partial charge < -0.3 is 10.2 Å². The Bertz CT molecular complexity index is 1050. The molecule has 0 bridgehead atoms. The van der Waals surface area contributed by atoms with E-state index in [2.05, 4.69) is 10.3 Å². The van der Waals surface area contributed by atoms with Crippen molar-refractivity contribution in [2.24, 2.45) is 5.92 Å². The van der Waals surface area contributed by atoms with Crippen LogP contribution in [0.5, 0.6) is 0 Å². The maximum Gasteiger partial charge on any atom is 0.229 e. The second kappa shape index (κ2) is 6.96. The fraction of sp³-hybridized carbons (Fsp3) is 0.150. The molecule has 2 heterocycles. The minimum absolute atomic E-state index is 0.0602. The van der Waals surface area contributed by atoms with E-state index in [1.54, 1.807) is 12.3 Å². The van der Waals surface area contributed by atoms with Gasteiger partial charge in [0.25, 0.3) is 0 Å². The Morgan fingerprint density at radius 3 is 2.85 bits per heavy atom. The van der Waals surface area contributed by atoms with E-state index < -0.39 is 11.7 Å². The monoisotopic (exact) mass is 383 g/mol. The van der Waals surface area contributed by atoms with Crippen LogP contribution in [-0.2, 0) is 9.59 Å². The van der Waals surface area contributed by atoms with E-state index in [9.17, 15) is 14.0 Å². The molecule has 1 atom stereocenters. The zero-order valence-corrected chi connectivity index (χ0v) is 14.9. The highest BCUT2D eigenvalue weighted by molar-refractivity contribution is 6.31. The molecular weight excluding hydrogens is 369 g/mol. The Balaban J connectivity index is 1.53. The highest BCUT2D eigenvalue weighted by Gasteiger charge is 2.35. The number of pyridine rings is 1. The Kier molecular flexibility index (Phi) is 4.49. The van der Waals surface area contributed by atoms with Crippen molar-refractivity contribution in [2.45, 2.75) is 6.42 Å². The number of carbonyl (C=O) groups excluding carboxylic acids is 2. The van der Waals surface area contributed by atoms with Gasteiger partial charge in [0.05, 0.1) is 22.1 Å².